The number of aryl methyl sites for hydroxylation is 3. The molecule has 2 aromatic carbocycles. The molecule has 152 valence electrons. The summed E-state index contributed by atoms with van der Waals surface area (Å²) in [5, 5.41) is 11.4. The summed E-state index contributed by atoms with van der Waals surface area (Å²) in [5.74, 6) is 0.0614. The van der Waals surface area contributed by atoms with Crippen LogP contribution in [0.15, 0.2) is 64.4 Å². The van der Waals surface area contributed by atoms with Crippen LogP contribution < -0.4 is 11.2 Å². The largest absolute Gasteiger partial charge is 0.507 e. The highest BCUT2D eigenvalue weighted by Gasteiger charge is 2.15. The van der Waals surface area contributed by atoms with E-state index in [9.17, 15) is 14.7 Å². The molecule has 4 aromatic rings. The average molecular weight is 422 g/mol. The maximum atomic E-state index is 12.2. The first-order chi connectivity index (χ1) is 14.2. The zero-order valence-electron chi connectivity index (χ0n) is 16.7. The molecule has 0 bridgehead atoms. The number of aromatic hydroxyl groups is 1. The SMILES string of the molecule is Cc1cc(-c2ccc(-n3ccn(C)c3=O)c(Cl)c2)c(O)c(-c2cc(C)[nH]c(=O)c2)c1. The predicted molar refractivity (Wildman–Crippen MR) is 119 cm³/mol. The minimum absolute atomic E-state index is 0.0614. The lowest BCUT2D eigenvalue weighted by Gasteiger charge is -2.14. The highest BCUT2D eigenvalue weighted by atomic mass is 35.5. The molecule has 0 saturated carbocycles. The van der Waals surface area contributed by atoms with Crippen molar-refractivity contribution in [2.24, 2.45) is 7.05 Å². The molecular formula is C23H20ClN3O3. The second-order valence-corrected chi connectivity index (χ2v) is 7.76. The maximum Gasteiger partial charge on any atom is 0.332 e. The van der Waals surface area contributed by atoms with E-state index in [1.54, 1.807) is 38.5 Å². The van der Waals surface area contributed by atoms with Crippen LogP contribution in [0.1, 0.15) is 11.3 Å². The molecule has 0 aliphatic carbocycles. The van der Waals surface area contributed by atoms with E-state index in [1.807, 2.05) is 31.2 Å². The monoisotopic (exact) mass is 421 g/mol. The Hall–Kier alpha value is -3.51. The summed E-state index contributed by atoms with van der Waals surface area (Å²) in [6.07, 6.45) is 3.31. The highest BCUT2D eigenvalue weighted by Crippen LogP contribution is 2.40. The summed E-state index contributed by atoms with van der Waals surface area (Å²) < 4.78 is 2.93. The van der Waals surface area contributed by atoms with Crippen molar-refractivity contribution in [3.8, 4) is 33.7 Å². The van der Waals surface area contributed by atoms with Gasteiger partial charge in [0.25, 0.3) is 0 Å². The molecule has 0 radical (unpaired) electrons. The molecule has 30 heavy (non-hydrogen) atoms. The Morgan fingerprint density at radius 3 is 2.23 bits per heavy atom. The maximum absolute atomic E-state index is 12.2. The van der Waals surface area contributed by atoms with Gasteiger partial charge in [-0.05, 0) is 60.9 Å². The van der Waals surface area contributed by atoms with Crippen molar-refractivity contribution in [3.05, 3.63) is 92.0 Å². The van der Waals surface area contributed by atoms with E-state index in [2.05, 4.69) is 4.98 Å². The normalized spacial score (nSPS) is 11.1. The van der Waals surface area contributed by atoms with Crippen LogP contribution in [0.5, 0.6) is 5.75 Å². The number of phenols is 1. The number of rotatable bonds is 3. The van der Waals surface area contributed by atoms with Crippen molar-refractivity contribution in [1.82, 2.24) is 14.1 Å². The number of H-pyrrole nitrogens is 1. The first kappa shape index (κ1) is 19.8. The third-order valence-electron chi connectivity index (χ3n) is 5.01. The third kappa shape index (κ3) is 3.46. The fraction of sp³-hybridized carbons (Fsp3) is 0.130. The third-order valence-corrected chi connectivity index (χ3v) is 5.31. The fourth-order valence-corrected chi connectivity index (χ4v) is 3.85. The van der Waals surface area contributed by atoms with Crippen molar-refractivity contribution >= 4 is 11.6 Å². The highest BCUT2D eigenvalue weighted by molar-refractivity contribution is 6.32. The molecule has 0 atom stereocenters. The smallest absolute Gasteiger partial charge is 0.332 e. The lowest BCUT2D eigenvalue weighted by molar-refractivity contribution is 0.479. The molecule has 4 rings (SSSR count). The van der Waals surface area contributed by atoms with E-state index in [0.29, 0.717) is 38.7 Å². The van der Waals surface area contributed by atoms with Crippen LogP contribution in [-0.4, -0.2) is 19.2 Å². The van der Waals surface area contributed by atoms with Crippen LogP contribution in [0.25, 0.3) is 27.9 Å². The standard InChI is InChI=1S/C23H20ClN3O3/c1-13-8-17(22(29)18(9-13)16-10-14(2)25-21(28)12-16)15-4-5-20(19(24)11-15)27-7-6-26(3)23(27)30/h4-12,29H,1-3H3,(H,25,28). The van der Waals surface area contributed by atoms with E-state index >= 15 is 0 Å². The van der Waals surface area contributed by atoms with Gasteiger partial charge in [-0.3, -0.25) is 9.36 Å². The van der Waals surface area contributed by atoms with Gasteiger partial charge in [-0.25, -0.2) is 4.79 Å². The molecule has 6 nitrogen and oxygen atoms in total. The average Bonchev–Trinajstić information content (AvgIpc) is 3.01. The van der Waals surface area contributed by atoms with Crippen LogP contribution in [0.4, 0.5) is 0 Å². The second-order valence-electron chi connectivity index (χ2n) is 7.35. The Kier molecular flexibility index (Phi) is 4.87. The van der Waals surface area contributed by atoms with Gasteiger partial charge in [-0.1, -0.05) is 17.7 Å². The summed E-state index contributed by atoms with van der Waals surface area (Å²) in [5.41, 5.74) is 4.27. The van der Waals surface area contributed by atoms with Crippen LogP contribution >= 0.6 is 11.6 Å². The molecule has 0 saturated heterocycles. The summed E-state index contributed by atoms with van der Waals surface area (Å²) in [6, 6.07) is 12.3. The number of benzene rings is 2. The Balaban J connectivity index is 1.86. The number of nitrogens with one attached hydrogen (secondary N) is 1. The van der Waals surface area contributed by atoms with Gasteiger partial charge in [0.15, 0.2) is 0 Å². The van der Waals surface area contributed by atoms with Gasteiger partial charge in [0.05, 0.1) is 10.7 Å². The molecule has 2 N–H and O–H groups in total. The number of aromatic amines is 1. The van der Waals surface area contributed by atoms with E-state index < -0.39 is 0 Å². The molecule has 0 fully saturated rings. The quantitative estimate of drug-likeness (QED) is 0.521. The molecule has 0 unspecified atom stereocenters. The van der Waals surface area contributed by atoms with Crippen LogP contribution in [0.3, 0.4) is 0 Å². The number of aromatic nitrogens is 3. The minimum atomic E-state index is -0.229. The van der Waals surface area contributed by atoms with Crippen LogP contribution in [-0.2, 0) is 7.05 Å². The molecule has 0 amide bonds. The number of nitrogens with zero attached hydrogens (tertiary/aromatic N) is 2. The molecular weight excluding hydrogens is 402 g/mol. The van der Waals surface area contributed by atoms with Gasteiger partial charge in [0, 0.05) is 42.3 Å². The minimum Gasteiger partial charge on any atom is -0.507 e. The lowest BCUT2D eigenvalue weighted by Crippen LogP contribution is -2.20. The number of hydrogen-bond acceptors (Lipinski definition) is 3. The van der Waals surface area contributed by atoms with Crippen molar-refractivity contribution in [2.45, 2.75) is 13.8 Å². The Labute approximate surface area is 177 Å². The van der Waals surface area contributed by atoms with E-state index in [1.165, 1.54) is 15.2 Å². The summed E-state index contributed by atoms with van der Waals surface area (Å²) in [4.78, 5) is 26.8. The Morgan fingerprint density at radius 1 is 0.933 bits per heavy atom. The Morgan fingerprint density at radius 2 is 1.63 bits per heavy atom. The zero-order valence-corrected chi connectivity index (χ0v) is 17.5. The predicted octanol–water partition coefficient (Wildman–Crippen LogP) is 4.17. The fourth-order valence-electron chi connectivity index (χ4n) is 3.57. The topological polar surface area (TPSA) is 80.0 Å². The number of imidazole rings is 1. The number of pyridine rings is 1. The van der Waals surface area contributed by atoms with E-state index in [4.69, 9.17) is 11.6 Å². The van der Waals surface area contributed by atoms with Gasteiger partial charge >= 0.3 is 5.69 Å². The first-order valence-corrected chi connectivity index (χ1v) is 9.71. The van der Waals surface area contributed by atoms with Gasteiger partial charge in [0.2, 0.25) is 5.56 Å². The summed E-state index contributed by atoms with van der Waals surface area (Å²) in [6.45, 7) is 3.72. The summed E-state index contributed by atoms with van der Waals surface area (Å²) >= 11 is 6.49. The molecule has 2 aromatic heterocycles. The molecule has 7 heteroatoms. The molecule has 2 heterocycles. The van der Waals surface area contributed by atoms with Gasteiger partial charge in [-0.2, -0.15) is 0 Å². The van der Waals surface area contributed by atoms with Crippen LogP contribution in [0.2, 0.25) is 5.02 Å². The molecule has 0 aliphatic rings. The molecule has 0 spiro atoms. The van der Waals surface area contributed by atoms with Gasteiger partial charge in [-0.15, -0.1) is 0 Å². The second kappa shape index (κ2) is 7.39. The van der Waals surface area contributed by atoms with Crippen molar-refractivity contribution in [3.63, 3.8) is 0 Å². The van der Waals surface area contributed by atoms with Gasteiger partial charge in [0.1, 0.15) is 5.75 Å². The zero-order chi connectivity index (χ0) is 21.6. The molecule has 0 aliphatic heterocycles. The first-order valence-electron chi connectivity index (χ1n) is 9.34. The van der Waals surface area contributed by atoms with E-state index in [-0.39, 0.29) is 17.0 Å². The van der Waals surface area contributed by atoms with Gasteiger partial charge < -0.3 is 14.7 Å². The lowest BCUT2D eigenvalue weighted by atomic mass is 9.95. The number of hydrogen-bond donors (Lipinski definition) is 2. The van der Waals surface area contributed by atoms with Crippen LogP contribution in [0, 0.1) is 13.8 Å². The van der Waals surface area contributed by atoms with Crippen molar-refractivity contribution in [2.75, 3.05) is 0 Å². The summed E-state index contributed by atoms with van der Waals surface area (Å²) in [7, 11) is 1.67. The van der Waals surface area contributed by atoms with Crippen molar-refractivity contribution in [1.29, 1.82) is 0 Å². The Bertz CT molecular complexity index is 1400. The van der Waals surface area contributed by atoms with Crippen molar-refractivity contribution < 1.29 is 5.11 Å². The van der Waals surface area contributed by atoms with E-state index in [0.717, 1.165) is 5.56 Å². The number of halogens is 1. The number of phenolic OH excluding ortho intramolecular Hbond substituents is 1.